The number of carbonyl (C=O) groups excluding carboxylic acids is 1. The number of carbonyl (C=O) groups is 1. The summed E-state index contributed by atoms with van der Waals surface area (Å²) in [6.07, 6.45) is 1.93. The van der Waals surface area contributed by atoms with Gasteiger partial charge in [0.2, 0.25) is 0 Å². The Morgan fingerprint density at radius 2 is 1.96 bits per heavy atom. The second kappa shape index (κ2) is 6.99. The van der Waals surface area contributed by atoms with E-state index in [-0.39, 0.29) is 6.03 Å². The van der Waals surface area contributed by atoms with Crippen molar-refractivity contribution in [2.45, 2.75) is 13.8 Å². The Morgan fingerprint density at radius 3 is 2.64 bits per heavy atom. The summed E-state index contributed by atoms with van der Waals surface area (Å²) >= 11 is 6.20. The number of benzene rings is 2. The average molecular weight is 355 g/mol. The number of allylic oxidation sites excluding steroid dienone is 1. The molecule has 128 valence electrons. The van der Waals surface area contributed by atoms with E-state index in [4.69, 9.17) is 17.3 Å². The Kier molecular flexibility index (Phi) is 4.76. The van der Waals surface area contributed by atoms with E-state index < -0.39 is 0 Å². The van der Waals surface area contributed by atoms with E-state index >= 15 is 0 Å². The van der Waals surface area contributed by atoms with E-state index in [1.807, 2.05) is 62.4 Å². The van der Waals surface area contributed by atoms with Gasteiger partial charge >= 0.3 is 6.03 Å². The maximum absolute atomic E-state index is 12.4. The topological polar surface area (TPSA) is 70.7 Å². The molecule has 3 rings (SSSR count). The molecular weight excluding hydrogens is 336 g/mol. The number of hydrogen-bond acceptors (Lipinski definition) is 3. The zero-order valence-electron chi connectivity index (χ0n) is 14.1. The molecular formula is C19H19ClN4O. The van der Waals surface area contributed by atoms with Crippen LogP contribution >= 0.6 is 11.6 Å². The molecule has 25 heavy (non-hydrogen) atoms. The van der Waals surface area contributed by atoms with Crippen LogP contribution in [0, 0.1) is 0 Å². The Labute approximate surface area is 151 Å². The van der Waals surface area contributed by atoms with Crippen LogP contribution in [-0.2, 0) is 0 Å². The highest BCUT2D eigenvalue weighted by Gasteiger charge is 2.22. The van der Waals surface area contributed by atoms with E-state index in [9.17, 15) is 4.79 Å². The molecule has 0 atom stereocenters. The highest BCUT2D eigenvalue weighted by atomic mass is 35.5. The number of nitrogen functional groups attached to an aromatic ring is 1. The molecule has 0 aromatic heterocycles. The lowest BCUT2D eigenvalue weighted by Gasteiger charge is -2.18. The lowest BCUT2D eigenvalue weighted by atomic mass is 9.97. The molecule has 2 amide bonds. The van der Waals surface area contributed by atoms with Crippen molar-refractivity contribution in [3.8, 4) is 0 Å². The maximum atomic E-state index is 12.4. The molecule has 2 aromatic rings. The van der Waals surface area contributed by atoms with Crippen molar-refractivity contribution in [2.24, 2.45) is 5.10 Å². The van der Waals surface area contributed by atoms with Gasteiger partial charge < -0.3 is 11.1 Å². The van der Waals surface area contributed by atoms with Gasteiger partial charge in [0.25, 0.3) is 0 Å². The fourth-order valence-corrected chi connectivity index (χ4v) is 2.84. The van der Waals surface area contributed by atoms with Crippen molar-refractivity contribution in [1.29, 1.82) is 0 Å². The van der Waals surface area contributed by atoms with Gasteiger partial charge in [-0.15, -0.1) is 0 Å². The summed E-state index contributed by atoms with van der Waals surface area (Å²) in [6.45, 7) is 4.24. The van der Waals surface area contributed by atoms with Crippen molar-refractivity contribution in [1.82, 2.24) is 10.3 Å². The molecule has 0 bridgehead atoms. The quantitative estimate of drug-likeness (QED) is 0.798. The Morgan fingerprint density at radius 1 is 1.24 bits per heavy atom. The highest BCUT2D eigenvalue weighted by Crippen LogP contribution is 2.27. The molecule has 0 spiro atoms. The smallest absolute Gasteiger partial charge is 0.342 e. The Balaban J connectivity index is 2.20. The van der Waals surface area contributed by atoms with Gasteiger partial charge in [-0.2, -0.15) is 10.1 Å². The van der Waals surface area contributed by atoms with Gasteiger partial charge in [0.1, 0.15) is 0 Å². The predicted octanol–water partition coefficient (Wildman–Crippen LogP) is 4.08. The van der Waals surface area contributed by atoms with Crippen molar-refractivity contribution >= 4 is 35.1 Å². The number of hydrazone groups is 1. The number of nitrogens with two attached hydrogens (primary N) is 1. The number of halogens is 1. The van der Waals surface area contributed by atoms with Gasteiger partial charge in [0.05, 0.1) is 5.71 Å². The van der Waals surface area contributed by atoms with Crippen molar-refractivity contribution in [3.05, 3.63) is 69.9 Å². The number of rotatable bonds is 2. The van der Waals surface area contributed by atoms with E-state index in [1.165, 1.54) is 5.01 Å². The fourth-order valence-electron chi connectivity index (χ4n) is 2.66. The summed E-state index contributed by atoms with van der Waals surface area (Å²) in [5.41, 5.74) is 10.5. The third-order valence-electron chi connectivity index (χ3n) is 3.87. The minimum Gasteiger partial charge on any atom is -0.399 e. The Hall–Kier alpha value is -2.79. The van der Waals surface area contributed by atoms with Crippen molar-refractivity contribution in [3.63, 3.8) is 0 Å². The molecule has 0 radical (unpaired) electrons. The third-order valence-corrected chi connectivity index (χ3v) is 4.11. The molecule has 1 heterocycles. The summed E-state index contributed by atoms with van der Waals surface area (Å²) in [5, 5.41) is 9.40. The van der Waals surface area contributed by atoms with Gasteiger partial charge in [-0.3, -0.25) is 0 Å². The number of nitrogens with zero attached hydrogens (tertiary/aromatic N) is 2. The van der Waals surface area contributed by atoms with Crippen molar-refractivity contribution in [2.75, 3.05) is 12.3 Å². The summed E-state index contributed by atoms with van der Waals surface area (Å²) in [6, 6.07) is 12.7. The second-order valence-electron chi connectivity index (χ2n) is 5.74. The fraction of sp³-hybridized carbons (Fsp3) is 0.158. The van der Waals surface area contributed by atoms with Crippen molar-refractivity contribution < 1.29 is 4.79 Å². The predicted molar refractivity (Wildman–Crippen MR) is 103 cm³/mol. The minimum atomic E-state index is -0.275. The second-order valence-corrected chi connectivity index (χ2v) is 6.17. The normalized spacial score (nSPS) is 13.5. The number of amides is 2. The lowest BCUT2D eigenvalue weighted by molar-refractivity contribution is 0.214. The van der Waals surface area contributed by atoms with Crippen LogP contribution in [-0.4, -0.2) is 23.3 Å². The number of urea groups is 1. The van der Waals surface area contributed by atoms with E-state index in [2.05, 4.69) is 10.4 Å². The molecule has 0 aliphatic carbocycles. The third kappa shape index (κ3) is 3.51. The number of fused-ring (bicyclic) bond motifs is 1. The first-order valence-corrected chi connectivity index (χ1v) is 8.38. The maximum Gasteiger partial charge on any atom is 0.342 e. The number of nitrogens with one attached hydrogen (secondary N) is 1. The van der Waals surface area contributed by atoms with Crippen LogP contribution in [0.15, 0.2) is 53.3 Å². The number of anilines is 1. The van der Waals surface area contributed by atoms with Crippen LogP contribution in [0.5, 0.6) is 0 Å². The molecule has 0 fully saturated rings. The Bertz CT molecular complexity index is 871. The van der Waals surface area contributed by atoms with E-state index in [0.29, 0.717) is 23.0 Å². The van der Waals surface area contributed by atoms with Gasteiger partial charge in [0, 0.05) is 34.1 Å². The molecule has 0 saturated carbocycles. The first-order valence-electron chi connectivity index (χ1n) is 8.00. The van der Waals surface area contributed by atoms with Crippen LogP contribution in [0.2, 0.25) is 5.02 Å². The summed E-state index contributed by atoms with van der Waals surface area (Å²) in [7, 11) is 0. The van der Waals surface area contributed by atoms with Crippen LogP contribution < -0.4 is 11.1 Å². The standard InChI is InChI=1S/C19H19ClN4O/c1-3-22-19(25)24-12(2)10-14-4-7-15(20)11-17(14)18(23-24)13-5-8-16(21)9-6-13/h4-11H,3,21H2,1-2H3,(H,22,25). The zero-order valence-corrected chi connectivity index (χ0v) is 14.8. The SMILES string of the molecule is CCNC(=O)N1N=C(c2ccc(N)cc2)c2cc(Cl)ccc2C=C1C. The molecule has 0 saturated heterocycles. The van der Waals surface area contributed by atoms with E-state index in [0.717, 1.165) is 22.4 Å². The van der Waals surface area contributed by atoms with Crippen LogP contribution in [0.25, 0.3) is 6.08 Å². The van der Waals surface area contributed by atoms with Crippen LogP contribution in [0.4, 0.5) is 10.5 Å². The first kappa shape index (κ1) is 17.0. The largest absolute Gasteiger partial charge is 0.399 e. The molecule has 6 heteroatoms. The van der Waals surface area contributed by atoms with Crippen LogP contribution in [0.3, 0.4) is 0 Å². The zero-order chi connectivity index (χ0) is 18.0. The molecule has 3 N–H and O–H groups in total. The molecule has 1 aliphatic rings. The molecule has 2 aromatic carbocycles. The summed E-state index contributed by atoms with van der Waals surface area (Å²) in [5.74, 6) is 0. The highest BCUT2D eigenvalue weighted by molar-refractivity contribution is 6.31. The molecule has 1 aliphatic heterocycles. The average Bonchev–Trinajstić information content (AvgIpc) is 2.72. The monoisotopic (exact) mass is 354 g/mol. The summed E-state index contributed by atoms with van der Waals surface area (Å²) < 4.78 is 0. The van der Waals surface area contributed by atoms with Crippen LogP contribution in [0.1, 0.15) is 30.5 Å². The minimum absolute atomic E-state index is 0.275. The van der Waals surface area contributed by atoms with Gasteiger partial charge in [-0.25, -0.2) is 4.79 Å². The van der Waals surface area contributed by atoms with Gasteiger partial charge in [0.15, 0.2) is 0 Å². The molecule has 0 unspecified atom stereocenters. The summed E-state index contributed by atoms with van der Waals surface area (Å²) in [4.78, 5) is 12.4. The molecule has 5 nitrogen and oxygen atoms in total. The van der Waals surface area contributed by atoms with Gasteiger partial charge in [-0.05, 0) is 49.8 Å². The van der Waals surface area contributed by atoms with E-state index in [1.54, 1.807) is 0 Å². The lowest BCUT2D eigenvalue weighted by Crippen LogP contribution is -2.35. The number of hydrogen-bond donors (Lipinski definition) is 2. The first-order chi connectivity index (χ1) is 12.0. The van der Waals surface area contributed by atoms with Gasteiger partial charge in [-0.1, -0.05) is 29.8 Å².